The molecule has 0 aliphatic carbocycles. The minimum Gasteiger partial charge on any atom is -0.388 e. The van der Waals surface area contributed by atoms with E-state index in [4.69, 9.17) is 0 Å². The van der Waals surface area contributed by atoms with Crippen LogP contribution in [0, 0.1) is 0 Å². The number of aliphatic hydroxyl groups is 1. The second-order valence-electron chi connectivity index (χ2n) is 4.28. The minimum absolute atomic E-state index is 0.158. The van der Waals surface area contributed by atoms with Gasteiger partial charge in [0.05, 0.1) is 11.9 Å². The number of hydrogen-bond donors (Lipinski definition) is 2. The number of hydrogen-bond acceptors (Lipinski definition) is 3. The fraction of sp³-hybridized carbons (Fsp3) is 0.538. The van der Waals surface area contributed by atoms with E-state index in [0.29, 0.717) is 12.8 Å². The van der Waals surface area contributed by atoms with Crippen molar-refractivity contribution in [3.63, 3.8) is 0 Å². The highest BCUT2D eigenvalue weighted by molar-refractivity contribution is 7.89. The third-order valence-electron chi connectivity index (χ3n) is 2.69. The topological polar surface area (TPSA) is 66.4 Å². The summed E-state index contributed by atoms with van der Waals surface area (Å²) in [6, 6.07) is 9.24. The van der Waals surface area contributed by atoms with Crippen LogP contribution in [0.25, 0.3) is 0 Å². The molecule has 4 nitrogen and oxygen atoms in total. The molecule has 0 amide bonds. The molecule has 1 aromatic rings. The molecular formula is C13H21NO3S. The zero-order valence-electron chi connectivity index (χ0n) is 10.7. The Balaban J connectivity index is 2.34. The van der Waals surface area contributed by atoms with Crippen molar-refractivity contribution >= 4 is 10.0 Å². The lowest BCUT2D eigenvalue weighted by Gasteiger charge is -2.11. The van der Waals surface area contributed by atoms with Crippen LogP contribution in [-0.4, -0.2) is 25.8 Å². The molecule has 1 atom stereocenters. The first-order valence-electron chi connectivity index (χ1n) is 6.25. The van der Waals surface area contributed by atoms with Gasteiger partial charge in [-0.3, -0.25) is 0 Å². The van der Waals surface area contributed by atoms with E-state index in [9.17, 15) is 13.5 Å². The number of benzene rings is 1. The molecule has 0 heterocycles. The Morgan fingerprint density at radius 1 is 1.28 bits per heavy atom. The zero-order chi connectivity index (χ0) is 13.4. The molecule has 0 aromatic heterocycles. The smallest absolute Gasteiger partial charge is 0.211 e. The first-order valence-corrected chi connectivity index (χ1v) is 7.90. The van der Waals surface area contributed by atoms with E-state index < -0.39 is 16.1 Å². The van der Waals surface area contributed by atoms with Gasteiger partial charge in [-0.2, -0.15) is 0 Å². The highest BCUT2D eigenvalue weighted by atomic mass is 32.2. The highest BCUT2D eigenvalue weighted by Gasteiger charge is 2.11. The molecule has 2 N–H and O–H groups in total. The summed E-state index contributed by atoms with van der Waals surface area (Å²) in [4.78, 5) is 0. The van der Waals surface area contributed by atoms with Crippen LogP contribution in [0.5, 0.6) is 0 Å². The van der Waals surface area contributed by atoms with Crippen molar-refractivity contribution in [1.82, 2.24) is 4.72 Å². The fourth-order valence-corrected chi connectivity index (χ4v) is 2.84. The third kappa shape index (κ3) is 5.62. The summed E-state index contributed by atoms with van der Waals surface area (Å²) in [5.41, 5.74) is 0.810. The molecule has 1 rings (SSSR count). The maximum Gasteiger partial charge on any atom is 0.211 e. The molecule has 0 fully saturated rings. The predicted molar refractivity (Wildman–Crippen MR) is 72.7 cm³/mol. The number of aliphatic hydroxyl groups excluding tert-OH is 1. The Morgan fingerprint density at radius 2 is 1.94 bits per heavy atom. The van der Waals surface area contributed by atoms with E-state index in [0.717, 1.165) is 12.0 Å². The quantitative estimate of drug-likeness (QED) is 0.758. The second-order valence-corrected chi connectivity index (χ2v) is 6.21. The lowest BCUT2D eigenvalue weighted by Crippen LogP contribution is -2.28. The molecule has 0 saturated heterocycles. The van der Waals surface area contributed by atoms with Gasteiger partial charge in [0.1, 0.15) is 0 Å². The fourth-order valence-electron chi connectivity index (χ4n) is 1.60. The SMILES string of the molecule is CCCCS(=O)(=O)NCCC(O)c1ccccc1. The van der Waals surface area contributed by atoms with Crippen LogP contribution in [0.2, 0.25) is 0 Å². The van der Waals surface area contributed by atoms with Crippen LogP contribution < -0.4 is 4.72 Å². The molecule has 1 unspecified atom stereocenters. The molecule has 102 valence electrons. The average molecular weight is 271 g/mol. The van der Waals surface area contributed by atoms with E-state index in [1.807, 2.05) is 37.3 Å². The molecular weight excluding hydrogens is 250 g/mol. The minimum atomic E-state index is -3.18. The standard InChI is InChI=1S/C13H21NO3S/c1-2-3-11-18(16,17)14-10-9-13(15)12-7-5-4-6-8-12/h4-8,13-15H,2-3,9-11H2,1H3. The van der Waals surface area contributed by atoms with E-state index >= 15 is 0 Å². The van der Waals surface area contributed by atoms with E-state index in [1.54, 1.807) is 0 Å². The van der Waals surface area contributed by atoms with E-state index in [1.165, 1.54) is 0 Å². The number of nitrogens with one attached hydrogen (secondary N) is 1. The monoisotopic (exact) mass is 271 g/mol. The summed E-state index contributed by atoms with van der Waals surface area (Å²) in [7, 11) is -3.18. The Hall–Kier alpha value is -0.910. The largest absolute Gasteiger partial charge is 0.388 e. The summed E-state index contributed by atoms with van der Waals surface area (Å²) < 4.78 is 25.5. The van der Waals surface area contributed by atoms with Crippen LogP contribution in [-0.2, 0) is 10.0 Å². The van der Waals surface area contributed by atoms with Crippen molar-refractivity contribution in [2.24, 2.45) is 0 Å². The van der Waals surface area contributed by atoms with Gasteiger partial charge in [0, 0.05) is 6.54 Å². The predicted octanol–water partition coefficient (Wildman–Crippen LogP) is 1.83. The lowest BCUT2D eigenvalue weighted by molar-refractivity contribution is 0.169. The van der Waals surface area contributed by atoms with Crippen LogP contribution in [0.4, 0.5) is 0 Å². The van der Waals surface area contributed by atoms with Gasteiger partial charge in [0.25, 0.3) is 0 Å². The lowest BCUT2D eigenvalue weighted by atomic mass is 10.1. The van der Waals surface area contributed by atoms with Crippen molar-refractivity contribution in [1.29, 1.82) is 0 Å². The van der Waals surface area contributed by atoms with Gasteiger partial charge in [-0.1, -0.05) is 43.7 Å². The molecule has 0 aliphatic heterocycles. The van der Waals surface area contributed by atoms with Gasteiger partial charge >= 0.3 is 0 Å². The van der Waals surface area contributed by atoms with Crippen LogP contribution in [0.3, 0.4) is 0 Å². The maximum absolute atomic E-state index is 11.5. The third-order valence-corrected chi connectivity index (χ3v) is 4.16. The first kappa shape index (κ1) is 15.1. The summed E-state index contributed by atoms with van der Waals surface area (Å²) in [5.74, 6) is 0.158. The molecule has 1 aromatic carbocycles. The normalized spacial score (nSPS) is 13.4. The highest BCUT2D eigenvalue weighted by Crippen LogP contribution is 2.14. The van der Waals surface area contributed by atoms with Gasteiger partial charge in [0.15, 0.2) is 0 Å². The zero-order valence-corrected chi connectivity index (χ0v) is 11.5. The van der Waals surface area contributed by atoms with Crippen molar-refractivity contribution in [2.45, 2.75) is 32.3 Å². The Morgan fingerprint density at radius 3 is 2.56 bits per heavy atom. The average Bonchev–Trinajstić information content (AvgIpc) is 2.37. The van der Waals surface area contributed by atoms with E-state index in [-0.39, 0.29) is 12.3 Å². The molecule has 0 saturated carbocycles. The summed E-state index contributed by atoms with van der Waals surface area (Å²) >= 11 is 0. The molecule has 18 heavy (non-hydrogen) atoms. The molecule has 0 spiro atoms. The Labute approximate surface area is 109 Å². The van der Waals surface area contributed by atoms with Crippen LogP contribution in [0.15, 0.2) is 30.3 Å². The van der Waals surface area contributed by atoms with Crippen LogP contribution >= 0.6 is 0 Å². The molecule has 0 radical (unpaired) electrons. The van der Waals surface area contributed by atoms with Crippen LogP contribution in [0.1, 0.15) is 37.9 Å². The van der Waals surface area contributed by atoms with Crippen molar-refractivity contribution in [3.05, 3.63) is 35.9 Å². The van der Waals surface area contributed by atoms with Gasteiger partial charge in [-0.15, -0.1) is 0 Å². The Kier molecular flexibility index (Phi) is 6.32. The van der Waals surface area contributed by atoms with Gasteiger partial charge < -0.3 is 5.11 Å². The van der Waals surface area contributed by atoms with Gasteiger partial charge in [-0.05, 0) is 18.4 Å². The van der Waals surface area contributed by atoms with Crippen molar-refractivity contribution in [2.75, 3.05) is 12.3 Å². The number of unbranched alkanes of at least 4 members (excludes halogenated alkanes) is 1. The maximum atomic E-state index is 11.5. The number of sulfonamides is 1. The van der Waals surface area contributed by atoms with E-state index in [2.05, 4.69) is 4.72 Å². The Bertz CT molecular complexity index is 431. The summed E-state index contributed by atoms with van der Waals surface area (Å²) in [6.07, 6.45) is 1.28. The summed E-state index contributed by atoms with van der Waals surface area (Å²) in [6.45, 7) is 2.22. The second kappa shape index (κ2) is 7.51. The number of rotatable bonds is 8. The van der Waals surface area contributed by atoms with Gasteiger partial charge in [0.2, 0.25) is 10.0 Å². The first-order chi connectivity index (χ1) is 8.55. The molecule has 0 aliphatic rings. The molecule has 5 heteroatoms. The van der Waals surface area contributed by atoms with Crippen molar-refractivity contribution < 1.29 is 13.5 Å². The van der Waals surface area contributed by atoms with Gasteiger partial charge in [-0.25, -0.2) is 13.1 Å². The molecule has 0 bridgehead atoms. The van der Waals surface area contributed by atoms with Crippen molar-refractivity contribution in [3.8, 4) is 0 Å². The summed E-state index contributed by atoms with van der Waals surface area (Å²) in [5, 5.41) is 9.86.